The summed E-state index contributed by atoms with van der Waals surface area (Å²) in [5.41, 5.74) is 7.96. The van der Waals surface area contributed by atoms with E-state index in [2.05, 4.69) is 62.2 Å². The lowest BCUT2D eigenvalue weighted by Gasteiger charge is -2.39. The molecule has 3 heterocycles. The van der Waals surface area contributed by atoms with Gasteiger partial charge in [0.05, 0.1) is 23.3 Å². The van der Waals surface area contributed by atoms with E-state index in [0.717, 1.165) is 10.9 Å². The van der Waals surface area contributed by atoms with E-state index in [9.17, 15) is 4.79 Å². The lowest BCUT2D eigenvalue weighted by Crippen LogP contribution is -2.45. The predicted octanol–water partition coefficient (Wildman–Crippen LogP) is 5.00. The van der Waals surface area contributed by atoms with Crippen LogP contribution in [-0.4, -0.2) is 35.2 Å². The molecule has 0 bridgehead atoms. The van der Waals surface area contributed by atoms with E-state index in [1.54, 1.807) is 24.7 Å². The summed E-state index contributed by atoms with van der Waals surface area (Å²) < 4.78 is 8.65. The molecule has 0 saturated heterocycles. The molecule has 0 aliphatic rings. The second kappa shape index (κ2) is 7.63. The van der Waals surface area contributed by atoms with E-state index >= 15 is 0 Å². The highest BCUT2D eigenvalue weighted by Gasteiger charge is 2.39. The van der Waals surface area contributed by atoms with Crippen LogP contribution < -0.4 is 5.73 Å². The van der Waals surface area contributed by atoms with Crippen molar-refractivity contribution >= 4 is 30.7 Å². The Bertz CT molecular complexity index is 1080. The second-order valence-corrected chi connectivity index (χ2v) is 14.8. The Morgan fingerprint density at radius 2 is 1.83 bits per heavy atom. The van der Waals surface area contributed by atoms with Gasteiger partial charge in [0.25, 0.3) is 0 Å². The Morgan fingerprint density at radius 1 is 1.13 bits per heavy atom. The maximum atomic E-state index is 13.2. The fourth-order valence-electron chi connectivity index (χ4n) is 3.14. The molecule has 0 amide bonds. The summed E-state index contributed by atoms with van der Waals surface area (Å²) in [5, 5.41) is 0.943. The van der Waals surface area contributed by atoms with Crippen molar-refractivity contribution in [3.05, 3.63) is 54.2 Å². The van der Waals surface area contributed by atoms with Gasteiger partial charge in [-0.1, -0.05) is 20.8 Å². The van der Waals surface area contributed by atoms with Crippen LogP contribution in [0.4, 0.5) is 5.69 Å². The van der Waals surface area contributed by atoms with Crippen LogP contribution in [0.2, 0.25) is 18.1 Å². The first-order valence-electron chi connectivity index (χ1n) is 10.2. The van der Waals surface area contributed by atoms with Gasteiger partial charge in [0.15, 0.2) is 14.1 Å². The second-order valence-electron chi connectivity index (χ2n) is 10.0. The van der Waals surface area contributed by atoms with Crippen molar-refractivity contribution < 1.29 is 9.22 Å². The SMILES string of the molecule is CC(C)(CO[Si](C)(C)C(C)(C)C)n1cc(C(=O)c2cncc(N)c2)c2cnccc21. The fourth-order valence-corrected chi connectivity index (χ4v) is 4.28. The lowest BCUT2D eigenvalue weighted by atomic mass is 10.1. The van der Waals surface area contributed by atoms with Crippen LogP contribution in [0.1, 0.15) is 50.5 Å². The third kappa shape index (κ3) is 4.18. The molecule has 0 spiro atoms. The molecule has 0 unspecified atom stereocenters. The summed E-state index contributed by atoms with van der Waals surface area (Å²) in [6.07, 6.45) is 8.48. The molecule has 0 radical (unpaired) electrons. The number of rotatable bonds is 6. The molecule has 2 N–H and O–H groups in total. The number of carbonyl (C=O) groups is 1. The van der Waals surface area contributed by atoms with Crippen molar-refractivity contribution in [2.45, 2.75) is 58.3 Å². The largest absolute Gasteiger partial charge is 0.414 e. The average molecular weight is 425 g/mol. The normalized spacial score (nSPS) is 13.0. The number of hydrogen-bond donors (Lipinski definition) is 1. The van der Waals surface area contributed by atoms with Gasteiger partial charge in [-0.15, -0.1) is 0 Å². The minimum absolute atomic E-state index is 0.118. The number of nitrogen functional groups attached to an aromatic ring is 1. The van der Waals surface area contributed by atoms with Crippen molar-refractivity contribution in [3.8, 4) is 0 Å². The van der Waals surface area contributed by atoms with E-state index in [0.29, 0.717) is 23.4 Å². The number of hydrogen-bond acceptors (Lipinski definition) is 5. The number of aromatic nitrogens is 3. The van der Waals surface area contributed by atoms with Crippen LogP contribution in [-0.2, 0) is 9.96 Å². The van der Waals surface area contributed by atoms with Gasteiger partial charge in [0.2, 0.25) is 0 Å². The van der Waals surface area contributed by atoms with Gasteiger partial charge < -0.3 is 14.7 Å². The van der Waals surface area contributed by atoms with Gasteiger partial charge in [0.1, 0.15) is 0 Å². The topological polar surface area (TPSA) is 83.0 Å². The fraction of sp³-hybridized carbons (Fsp3) is 0.435. The molecular weight excluding hydrogens is 392 g/mol. The summed E-state index contributed by atoms with van der Waals surface area (Å²) in [6, 6.07) is 3.60. The van der Waals surface area contributed by atoms with Crippen LogP contribution in [0.3, 0.4) is 0 Å². The molecule has 160 valence electrons. The third-order valence-corrected chi connectivity index (χ3v) is 10.6. The van der Waals surface area contributed by atoms with Crippen molar-refractivity contribution in [3.63, 3.8) is 0 Å². The van der Waals surface area contributed by atoms with Gasteiger partial charge in [-0.2, -0.15) is 0 Å². The predicted molar refractivity (Wildman–Crippen MR) is 124 cm³/mol. The molecule has 0 aromatic carbocycles. The molecule has 0 fully saturated rings. The number of fused-ring (bicyclic) bond motifs is 1. The van der Waals surface area contributed by atoms with Crippen LogP contribution in [0, 0.1) is 0 Å². The molecule has 30 heavy (non-hydrogen) atoms. The zero-order valence-corrected chi connectivity index (χ0v) is 20.0. The zero-order chi connectivity index (χ0) is 22.3. The standard InChI is InChI=1S/C23H32N4O2Si/c1-22(2,3)30(6,7)29-15-23(4,5)27-14-19(18-13-25-9-8-20(18)27)21(28)16-10-17(24)12-26-11-16/h8-14H,15,24H2,1-7H3. The summed E-state index contributed by atoms with van der Waals surface area (Å²) >= 11 is 0. The van der Waals surface area contributed by atoms with Crippen LogP contribution in [0.25, 0.3) is 10.9 Å². The number of ketones is 1. The van der Waals surface area contributed by atoms with E-state index in [1.807, 2.05) is 12.3 Å². The maximum Gasteiger partial charge on any atom is 0.196 e. The molecular formula is C23H32N4O2Si. The van der Waals surface area contributed by atoms with Crippen LogP contribution >= 0.6 is 0 Å². The summed E-state index contributed by atoms with van der Waals surface area (Å²) in [6.45, 7) is 16.0. The monoisotopic (exact) mass is 424 g/mol. The van der Waals surface area contributed by atoms with E-state index in [-0.39, 0.29) is 16.4 Å². The molecule has 0 saturated carbocycles. The molecule has 3 aromatic rings. The first-order chi connectivity index (χ1) is 13.8. The minimum atomic E-state index is -1.90. The summed E-state index contributed by atoms with van der Waals surface area (Å²) in [5.74, 6) is -0.118. The van der Waals surface area contributed by atoms with Crippen molar-refractivity contribution in [2.24, 2.45) is 0 Å². The number of nitrogens with zero attached hydrogens (tertiary/aromatic N) is 3. The zero-order valence-electron chi connectivity index (χ0n) is 19.0. The van der Waals surface area contributed by atoms with Crippen molar-refractivity contribution in [2.75, 3.05) is 12.3 Å². The first kappa shape index (κ1) is 22.2. The highest BCUT2D eigenvalue weighted by molar-refractivity contribution is 6.74. The number of anilines is 1. The molecule has 7 heteroatoms. The Labute approximate surface area is 179 Å². The summed E-state index contributed by atoms with van der Waals surface area (Å²) in [7, 11) is -1.90. The van der Waals surface area contributed by atoms with Gasteiger partial charge in [-0.05, 0) is 44.1 Å². The molecule has 0 atom stereocenters. The molecule has 3 rings (SSSR count). The van der Waals surface area contributed by atoms with Crippen LogP contribution in [0.15, 0.2) is 43.1 Å². The Kier molecular flexibility index (Phi) is 5.64. The summed E-state index contributed by atoms with van der Waals surface area (Å²) in [4.78, 5) is 21.6. The Morgan fingerprint density at radius 3 is 2.47 bits per heavy atom. The molecule has 3 aromatic heterocycles. The van der Waals surface area contributed by atoms with Crippen molar-refractivity contribution in [1.82, 2.24) is 14.5 Å². The number of carbonyl (C=O) groups excluding carboxylic acids is 1. The minimum Gasteiger partial charge on any atom is -0.414 e. The van der Waals surface area contributed by atoms with Crippen LogP contribution in [0.5, 0.6) is 0 Å². The third-order valence-electron chi connectivity index (χ3n) is 6.12. The van der Waals surface area contributed by atoms with Gasteiger partial charge in [-0.25, -0.2) is 0 Å². The van der Waals surface area contributed by atoms with Gasteiger partial charge in [-0.3, -0.25) is 14.8 Å². The Hall–Kier alpha value is -2.51. The lowest BCUT2D eigenvalue weighted by molar-refractivity contribution is 0.103. The van der Waals surface area contributed by atoms with E-state index in [4.69, 9.17) is 10.2 Å². The highest BCUT2D eigenvalue weighted by Crippen LogP contribution is 2.38. The number of nitrogens with two attached hydrogens (primary N) is 1. The Balaban J connectivity index is 2.02. The van der Waals surface area contributed by atoms with Gasteiger partial charge in [0, 0.05) is 47.5 Å². The molecule has 6 nitrogen and oxygen atoms in total. The number of pyridine rings is 2. The molecule has 0 aliphatic heterocycles. The first-order valence-corrected chi connectivity index (χ1v) is 13.1. The van der Waals surface area contributed by atoms with Gasteiger partial charge >= 0.3 is 0 Å². The average Bonchev–Trinajstić information content (AvgIpc) is 3.06. The quantitative estimate of drug-likeness (QED) is 0.445. The van der Waals surface area contributed by atoms with Crippen molar-refractivity contribution in [1.29, 1.82) is 0 Å². The smallest absolute Gasteiger partial charge is 0.196 e. The highest BCUT2D eigenvalue weighted by atomic mass is 28.4. The maximum absolute atomic E-state index is 13.2. The molecule has 0 aliphatic carbocycles. The van der Waals surface area contributed by atoms with E-state index < -0.39 is 8.32 Å². The van der Waals surface area contributed by atoms with E-state index in [1.165, 1.54) is 6.20 Å².